The highest BCUT2D eigenvalue weighted by molar-refractivity contribution is 5.99. The molecule has 3 N–H and O–H groups in total. The SMILES string of the molecule is Cc1ccc(NC(=O)Nc2cn(CC(=O)O)nn2)cc1. The van der Waals surface area contributed by atoms with Gasteiger partial charge in [0.05, 0.1) is 6.20 Å². The van der Waals surface area contributed by atoms with Crippen LogP contribution in [0.5, 0.6) is 0 Å². The van der Waals surface area contributed by atoms with E-state index >= 15 is 0 Å². The molecule has 0 aliphatic carbocycles. The zero-order chi connectivity index (χ0) is 14.5. The number of hydrogen-bond acceptors (Lipinski definition) is 4. The van der Waals surface area contributed by atoms with Crippen molar-refractivity contribution in [2.45, 2.75) is 13.5 Å². The molecule has 0 unspecified atom stereocenters. The van der Waals surface area contributed by atoms with Gasteiger partial charge in [-0.2, -0.15) is 0 Å². The summed E-state index contributed by atoms with van der Waals surface area (Å²) in [4.78, 5) is 22.2. The molecule has 0 saturated carbocycles. The summed E-state index contributed by atoms with van der Waals surface area (Å²) in [5.41, 5.74) is 1.73. The summed E-state index contributed by atoms with van der Waals surface area (Å²) >= 11 is 0. The summed E-state index contributed by atoms with van der Waals surface area (Å²) in [6, 6.07) is 6.82. The number of hydrogen-bond donors (Lipinski definition) is 3. The first kappa shape index (κ1) is 13.5. The minimum atomic E-state index is -1.04. The lowest BCUT2D eigenvalue weighted by Gasteiger charge is -2.05. The fraction of sp³-hybridized carbons (Fsp3) is 0.167. The van der Waals surface area contributed by atoms with Crippen LogP contribution in [0.1, 0.15) is 5.56 Å². The van der Waals surface area contributed by atoms with Crippen molar-refractivity contribution in [2.75, 3.05) is 10.6 Å². The van der Waals surface area contributed by atoms with E-state index in [0.29, 0.717) is 5.69 Å². The van der Waals surface area contributed by atoms with Crippen LogP contribution in [0.2, 0.25) is 0 Å². The largest absolute Gasteiger partial charge is 0.480 e. The molecular formula is C12H13N5O3. The molecular weight excluding hydrogens is 262 g/mol. The van der Waals surface area contributed by atoms with Gasteiger partial charge in [0.15, 0.2) is 5.82 Å². The summed E-state index contributed by atoms with van der Waals surface area (Å²) in [6.45, 7) is 1.64. The second-order valence-corrected chi connectivity index (χ2v) is 4.14. The number of carboxylic acid groups (broad SMARTS) is 1. The molecule has 2 rings (SSSR count). The van der Waals surface area contributed by atoms with Gasteiger partial charge >= 0.3 is 12.0 Å². The Morgan fingerprint density at radius 2 is 1.95 bits per heavy atom. The Kier molecular flexibility index (Phi) is 3.94. The quantitative estimate of drug-likeness (QED) is 0.779. The zero-order valence-corrected chi connectivity index (χ0v) is 10.7. The fourth-order valence-corrected chi connectivity index (χ4v) is 1.49. The van der Waals surface area contributed by atoms with E-state index in [0.717, 1.165) is 10.2 Å². The second-order valence-electron chi connectivity index (χ2n) is 4.14. The van der Waals surface area contributed by atoms with Crippen molar-refractivity contribution >= 4 is 23.5 Å². The molecule has 2 amide bonds. The molecule has 0 aliphatic heterocycles. The molecule has 0 spiro atoms. The lowest BCUT2D eigenvalue weighted by Crippen LogP contribution is -2.19. The van der Waals surface area contributed by atoms with E-state index in [1.165, 1.54) is 6.20 Å². The monoisotopic (exact) mass is 275 g/mol. The Morgan fingerprint density at radius 1 is 1.25 bits per heavy atom. The van der Waals surface area contributed by atoms with Crippen LogP contribution >= 0.6 is 0 Å². The first-order chi connectivity index (χ1) is 9.52. The molecule has 0 atom stereocenters. The Bertz CT molecular complexity index is 620. The average Bonchev–Trinajstić information content (AvgIpc) is 2.78. The van der Waals surface area contributed by atoms with Gasteiger partial charge in [-0.25, -0.2) is 9.48 Å². The van der Waals surface area contributed by atoms with Gasteiger partial charge in [0.2, 0.25) is 0 Å². The predicted octanol–water partition coefficient (Wildman–Crippen LogP) is 1.32. The normalized spacial score (nSPS) is 10.1. The maximum absolute atomic E-state index is 11.7. The van der Waals surface area contributed by atoms with Crippen molar-refractivity contribution in [1.82, 2.24) is 15.0 Å². The van der Waals surface area contributed by atoms with Gasteiger partial charge in [0.1, 0.15) is 6.54 Å². The number of rotatable bonds is 4. The van der Waals surface area contributed by atoms with E-state index < -0.39 is 12.0 Å². The van der Waals surface area contributed by atoms with Gasteiger partial charge in [0.25, 0.3) is 0 Å². The second kappa shape index (κ2) is 5.83. The molecule has 2 aromatic rings. The molecule has 0 saturated heterocycles. The number of aliphatic carboxylic acids is 1. The maximum atomic E-state index is 11.7. The number of nitrogens with one attached hydrogen (secondary N) is 2. The van der Waals surface area contributed by atoms with Gasteiger partial charge in [-0.15, -0.1) is 5.10 Å². The van der Waals surface area contributed by atoms with Crippen LogP contribution in [-0.4, -0.2) is 32.1 Å². The summed E-state index contributed by atoms with van der Waals surface area (Å²) in [7, 11) is 0. The minimum absolute atomic E-state index is 0.177. The van der Waals surface area contributed by atoms with E-state index in [-0.39, 0.29) is 12.4 Å². The molecule has 104 valence electrons. The number of benzene rings is 1. The van der Waals surface area contributed by atoms with Crippen LogP contribution in [0.15, 0.2) is 30.5 Å². The van der Waals surface area contributed by atoms with Gasteiger partial charge in [-0.05, 0) is 19.1 Å². The Hall–Kier alpha value is -2.90. The molecule has 0 fully saturated rings. The minimum Gasteiger partial charge on any atom is -0.480 e. The van der Waals surface area contributed by atoms with Crippen LogP contribution in [0, 0.1) is 6.92 Å². The molecule has 20 heavy (non-hydrogen) atoms. The summed E-state index contributed by atoms with van der Waals surface area (Å²) in [5, 5.41) is 20.9. The van der Waals surface area contributed by atoms with Crippen LogP contribution in [0.3, 0.4) is 0 Å². The molecule has 0 radical (unpaired) electrons. The first-order valence-electron chi connectivity index (χ1n) is 5.79. The smallest absolute Gasteiger partial charge is 0.325 e. The van der Waals surface area contributed by atoms with Gasteiger partial charge in [-0.1, -0.05) is 22.9 Å². The molecule has 1 aromatic heterocycles. The van der Waals surface area contributed by atoms with Crippen molar-refractivity contribution in [2.24, 2.45) is 0 Å². The number of nitrogens with zero attached hydrogens (tertiary/aromatic N) is 3. The zero-order valence-electron chi connectivity index (χ0n) is 10.7. The number of urea groups is 1. The van der Waals surface area contributed by atoms with E-state index in [4.69, 9.17) is 5.11 Å². The highest BCUT2D eigenvalue weighted by atomic mass is 16.4. The Balaban J connectivity index is 1.92. The molecule has 1 heterocycles. The molecule has 0 bridgehead atoms. The number of aromatic nitrogens is 3. The molecule has 8 nitrogen and oxygen atoms in total. The van der Waals surface area contributed by atoms with Crippen LogP contribution in [0.25, 0.3) is 0 Å². The van der Waals surface area contributed by atoms with E-state index in [2.05, 4.69) is 20.9 Å². The van der Waals surface area contributed by atoms with E-state index in [1.807, 2.05) is 19.1 Å². The van der Waals surface area contributed by atoms with Gasteiger partial charge in [0, 0.05) is 5.69 Å². The highest BCUT2D eigenvalue weighted by Gasteiger charge is 2.07. The summed E-state index contributed by atoms with van der Waals surface area (Å²) in [6.07, 6.45) is 1.34. The van der Waals surface area contributed by atoms with Gasteiger partial charge in [-0.3, -0.25) is 10.1 Å². The molecule has 1 aromatic carbocycles. The standard InChI is InChI=1S/C12H13N5O3/c1-8-2-4-9(5-3-8)13-12(20)14-10-6-17(16-15-10)7-11(18)19/h2-6H,7H2,1H3,(H,18,19)(H2,13,14,20). The van der Waals surface area contributed by atoms with Crippen molar-refractivity contribution in [3.05, 3.63) is 36.0 Å². The van der Waals surface area contributed by atoms with Crippen molar-refractivity contribution in [3.8, 4) is 0 Å². The Morgan fingerprint density at radius 3 is 2.60 bits per heavy atom. The van der Waals surface area contributed by atoms with Crippen molar-refractivity contribution in [1.29, 1.82) is 0 Å². The molecule has 8 heteroatoms. The number of carbonyl (C=O) groups excluding carboxylic acids is 1. The fourth-order valence-electron chi connectivity index (χ4n) is 1.49. The van der Waals surface area contributed by atoms with Crippen molar-refractivity contribution < 1.29 is 14.7 Å². The highest BCUT2D eigenvalue weighted by Crippen LogP contribution is 2.09. The van der Waals surface area contributed by atoms with Crippen molar-refractivity contribution in [3.63, 3.8) is 0 Å². The van der Waals surface area contributed by atoms with Gasteiger partial charge < -0.3 is 10.4 Å². The summed E-state index contributed by atoms with van der Waals surface area (Å²) in [5.74, 6) is -0.860. The maximum Gasteiger partial charge on any atom is 0.325 e. The third kappa shape index (κ3) is 3.80. The number of carbonyl (C=O) groups is 2. The number of amides is 2. The topological polar surface area (TPSA) is 109 Å². The van der Waals surface area contributed by atoms with Crippen LogP contribution in [-0.2, 0) is 11.3 Å². The average molecular weight is 275 g/mol. The Labute approximate surface area is 114 Å². The predicted molar refractivity (Wildman–Crippen MR) is 71.5 cm³/mol. The van der Waals surface area contributed by atoms with E-state index in [1.54, 1.807) is 12.1 Å². The number of carboxylic acids is 1. The third-order valence-corrected chi connectivity index (χ3v) is 2.39. The number of anilines is 2. The lowest BCUT2D eigenvalue weighted by molar-refractivity contribution is -0.137. The summed E-state index contributed by atoms with van der Waals surface area (Å²) < 4.78 is 1.11. The van der Waals surface area contributed by atoms with Crippen LogP contribution < -0.4 is 10.6 Å². The third-order valence-electron chi connectivity index (χ3n) is 2.39. The van der Waals surface area contributed by atoms with Crippen LogP contribution in [0.4, 0.5) is 16.3 Å². The first-order valence-corrected chi connectivity index (χ1v) is 5.79. The van der Waals surface area contributed by atoms with E-state index in [9.17, 15) is 9.59 Å². The molecule has 0 aliphatic rings. The lowest BCUT2D eigenvalue weighted by atomic mass is 10.2. The number of aryl methyl sites for hydroxylation is 1.